The molecule has 0 N–H and O–H groups in total. The quantitative estimate of drug-likeness (QED) is 0.800. The van der Waals surface area contributed by atoms with E-state index >= 15 is 0 Å². The van der Waals surface area contributed by atoms with Crippen LogP contribution in [0.5, 0.6) is 5.75 Å². The zero-order chi connectivity index (χ0) is 20.3. The Hall–Kier alpha value is -2.86. The van der Waals surface area contributed by atoms with Crippen molar-refractivity contribution in [3.8, 4) is 5.75 Å². The van der Waals surface area contributed by atoms with Gasteiger partial charge in [0, 0.05) is 12.2 Å². The molecule has 1 atom stereocenters. The van der Waals surface area contributed by atoms with Gasteiger partial charge in [-0.05, 0) is 44.0 Å². The molecule has 2 aliphatic rings. The number of ether oxygens (including phenoxy) is 2. The molecule has 1 spiro atoms. The Morgan fingerprint density at radius 1 is 1.10 bits per heavy atom. The summed E-state index contributed by atoms with van der Waals surface area (Å²) in [6.45, 7) is 3.66. The Balaban J connectivity index is 1.41. The van der Waals surface area contributed by atoms with E-state index in [9.17, 15) is 9.59 Å². The average Bonchev–Trinajstić information content (AvgIpc) is 2.76. The van der Waals surface area contributed by atoms with E-state index in [4.69, 9.17) is 9.47 Å². The molecule has 2 fully saturated rings. The van der Waals surface area contributed by atoms with Gasteiger partial charge in [0.2, 0.25) is 0 Å². The lowest BCUT2D eigenvalue weighted by molar-refractivity contribution is -0.154. The van der Waals surface area contributed by atoms with Crippen molar-refractivity contribution >= 4 is 17.5 Å². The second-order valence-electron chi connectivity index (χ2n) is 7.81. The normalized spacial score (nSPS) is 22.0. The second kappa shape index (κ2) is 8.25. The fraction of sp³-hybridized carbons (Fsp3) is 0.391. The number of carbonyl (C=O) groups excluding carboxylic acids is 2. The van der Waals surface area contributed by atoms with Crippen LogP contribution in [0.2, 0.25) is 0 Å². The number of para-hydroxylation sites is 1. The number of rotatable bonds is 4. The molecule has 6 heteroatoms. The smallest absolute Gasteiger partial charge is 0.260 e. The second-order valence-corrected chi connectivity index (χ2v) is 7.81. The largest absolute Gasteiger partial charge is 0.484 e. The van der Waals surface area contributed by atoms with Gasteiger partial charge in [0.05, 0.1) is 13.1 Å². The lowest BCUT2D eigenvalue weighted by atomic mass is 9.90. The fourth-order valence-electron chi connectivity index (χ4n) is 3.99. The van der Waals surface area contributed by atoms with Crippen LogP contribution in [0.25, 0.3) is 0 Å². The third-order valence-corrected chi connectivity index (χ3v) is 5.59. The third-order valence-electron chi connectivity index (χ3n) is 5.59. The summed E-state index contributed by atoms with van der Waals surface area (Å²) in [7, 11) is 0. The van der Waals surface area contributed by atoms with Crippen molar-refractivity contribution in [2.24, 2.45) is 0 Å². The summed E-state index contributed by atoms with van der Waals surface area (Å²) in [5.74, 6) is 0.579. The maximum absolute atomic E-state index is 12.7. The van der Waals surface area contributed by atoms with Crippen LogP contribution >= 0.6 is 0 Å². The van der Waals surface area contributed by atoms with E-state index in [-0.39, 0.29) is 25.0 Å². The molecule has 0 saturated carbocycles. The zero-order valence-corrected chi connectivity index (χ0v) is 16.7. The molecular weight excluding hydrogens is 368 g/mol. The van der Waals surface area contributed by atoms with Crippen molar-refractivity contribution < 1.29 is 19.1 Å². The molecule has 2 saturated heterocycles. The van der Waals surface area contributed by atoms with Crippen LogP contribution in [-0.2, 0) is 14.3 Å². The number of piperidine rings is 1. The van der Waals surface area contributed by atoms with Gasteiger partial charge < -0.3 is 19.3 Å². The Labute approximate surface area is 171 Å². The molecule has 0 aliphatic carbocycles. The van der Waals surface area contributed by atoms with Crippen LogP contribution in [-0.4, -0.2) is 55.2 Å². The summed E-state index contributed by atoms with van der Waals surface area (Å²) in [4.78, 5) is 28.7. The minimum absolute atomic E-state index is 0.000467. The van der Waals surface area contributed by atoms with Gasteiger partial charge in [0.1, 0.15) is 18.0 Å². The van der Waals surface area contributed by atoms with Crippen LogP contribution in [0.3, 0.4) is 0 Å². The summed E-state index contributed by atoms with van der Waals surface area (Å²) < 4.78 is 11.7. The van der Waals surface area contributed by atoms with Crippen LogP contribution in [0.1, 0.15) is 18.4 Å². The van der Waals surface area contributed by atoms with Crippen molar-refractivity contribution in [3.63, 3.8) is 0 Å². The highest BCUT2D eigenvalue weighted by molar-refractivity contribution is 5.95. The molecule has 0 aromatic heterocycles. The van der Waals surface area contributed by atoms with E-state index in [0.29, 0.717) is 25.4 Å². The van der Waals surface area contributed by atoms with E-state index in [2.05, 4.69) is 0 Å². The maximum Gasteiger partial charge on any atom is 0.260 e. The molecule has 2 aromatic rings. The number of carbonyl (C=O) groups is 2. The first-order valence-corrected chi connectivity index (χ1v) is 10.0. The Bertz CT molecular complexity index is 868. The minimum atomic E-state index is -0.526. The lowest BCUT2D eigenvalue weighted by Gasteiger charge is -2.47. The maximum atomic E-state index is 12.7. The topological polar surface area (TPSA) is 59.1 Å². The first-order valence-electron chi connectivity index (χ1n) is 10.0. The van der Waals surface area contributed by atoms with Crippen molar-refractivity contribution in [1.82, 2.24) is 4.90 Å². The Morgan fingerprint density at radius 3 is 2.62 bits per heavy atom. The Kier molecular flexibility index (Phi) is 5.53. The number of morpholine rings is 1. The monoisotopic (exact) mass is 394 g/mol. The van der Waals surface area contributed by atoms with Gasteiger partial charge in [0.25, 0.3) is 11.8 Å². The highest BCUT2D eigenvalue weighted by Gasteiger charge is 2.44. The SMILES string of the molecule is Cc1ccc(OCC(=O)N2CCCC3(C2)CN(c2ccccc2)C(=O)CO3)cc1. The molecule has 6 nitrogen and oxygen atoms in total. The standard InChI is InChI=1S/C23H26N2O4/c1-18-8-10-20(11-9-18)28-14-21(26)24-13-5-12-23(16-24)17-25(22(27)15-29-23)19-6-3-2-4-7-19/h2-4,6-11H,5,12-17H2,1H3. The predicted molar refractivity (Wildman–Crippen MR) is 110 cm³/mol. The molecule has 4 rings (SSSR count). The van der Waals surface area contributed by atoms with E-state index in [1.54, 1.807) is 9.80 Å². The van der Waals surface area contributed by atoms with Gasteiger partial charge in [-0.2, -0.15) is 0 Å². The molecule has 2 aliphatic heterocycles. The van der Waals surface area contributed by atoms with E-state index < -0.39 is 5.60 Å². The number of amides is 2. The van der Waals surface area contributed by atoms with Crippen molar-refractivity contribution in [2.75, 3.05) is 37.7 Å². The number of likely N-dealkylation sites (tertiary alicyclic amines) is 1. The number of hydrogen-bond acceptors (Lipinski definition) is 4. The van der Waals surface area contributed by atoms with Gasteiger partial charge in [-0.3, -0.25) is 9.59 Å². The van der Waals surface area contributed by atoms with E-state index in [1.807, 2.05) is 61.5 Å². The van der Waals surface area contributed by atoms with Gasteiger partial charge >= 0.3 is 0 Å². The first-order chi connectivity index (χ1) is 14.0. The van der Waals surface area contributed by atoms with Gasteiger partial charge in [-0.25, -0.2) is 0 Å². The molecule has 152 valence electrons. The van der Waals surface area contributed by atoms with Crippen molar-refractivity contribution in [1.29, 1.82) is 0 Å². The molecular formula is C23H26N2O4. The third kappa shape index (κ3) is 4.43. The van der Waals surface area contributed by atoms with Crippen LogP contribution < -0.4 is 9.64 Å². The van der Waals surface area contributed by atoms with Crippen LogP contribution in [0.15, 0.2) is 54.6 Å². The lowest BCUT2D eigenvalue weighted by Crippen LogP contribution is -2.62. The number of benzene rings is 2. The molecule has 2 amide bonds. The fourth-order valence-corrected chi connectivity index (χ4v) is 3.99. The van der Waals surface area contributed by atoms with Crippen molar-refractivity contribution in [3.05, 3.63) is 60.2 Å². The summed E-state index contributed by atoms with van der Waals surface area (Å²) in [6.07, 6.45) is 1.67. The number of nitrogens with zero attached hydrogens (tertiary/aromatic N) is 2. The highest BCUT2D eigenvalue weighted by atomic mass is 16.5. The predicted octanol–water partition coefficient (Wildman–Crippen LogP) is 2.80. The first kappa shape index (κ1) is 19.5. The zero-order valence-electron chi connectivity index (χ0n) is 16.7. The summed E-state index contributed by atoms with van der Waals surface area (Å²) in [6, 6.07) is 17.3. The van der Waals surface area contributed by atoms with Crippen LogP contribution in [0, 0.1) is 6.92 Å². The number of hydrogen-bond donors (Lipinski definition) is 0. The number of aryl methyl sites for hydroxylation is 1. The highest BCUT2D eigenvalue weighted by Crippen LogP contribution is 2.31. The Morgan fingerprint density at radius 2 is 1.86 bits per heavy atom. The summed E-state index contributed by atoms with van der Waals surface area (Å²) in [5, 5.41) is 0. The molecule has 2 aromatic carbocycles. The van der Waals surface area contributed by atoms with Gasteiger partial charge in [-0.1, -0.05) is 35.9 Å². The molecule has 2 heterocycles. The molecule has 0 bridgehead atoms. The molecule has 1 unspecified atom stereocenters. The van der Waals surface area contributed by atoms with Gasteiger partial charge in [0.15, 0.2) is 6.61 Å². The minimum Gasteiger partial charge on any atom is -0.484 e. The number of anilines is 1. The van der Waals surface area contributed by atoms with Gasteiger partial charge in [-0.15, -0.1) is 0 Å². The summed E-state index contributed by atoms with van der Waals surface area (Å²) >= 11 is 0. The summed E-state index contributed by atoms with van der Waals surface area (Å²) in [5.41, 5.74) is 1.49. The molecule has 29 heavy (non-hydrogen) atoms. The molecule has 0 radical (unpaired) electrons. The average molecular weight is 394 g/mol. The van der Waals surface area contributed by atoms with E-state index in [0.717, 1.165) is 24.1 Å². The van der Waals surface area contributed by atoms with Crippen LogP contribution in [0.4, 0.5) is 5.69 Å². The van der Waals surface area contributed by atoms with Crippen molar-refractivity contribution in [2.45, 2.75) is 25.4 Å². The van der Waals surface area contributed by atoms with E-state index in [1.165, 1.54) is 0 Å².